The Morgan fingerprint density at radius 3 is 2.56 bits per heavy atom. The minimum absolute atomic E-state index is 0.572. The van der Waals surface area contributed by atoms with Crippen molar-refractivity contribution in [2.45, 2.75) is 6.92 Å². The number of hydrogen-bond donors (Lipinski definition) is 1. The Morgan fingerprint density at radius 1 is 1.12 bits per heavy atom. The van der Waals surface area contributed by atoms with Gasteiger partial charge in [0.25, 0.3) is 0 Å². The van der Waals surface area contributed by atoms with Crippen LogP contribution in [-0.4, -0.2) is 65.9 Å². The molecular formula is C17H21N5O2S. The van der Waals surface area contributed by atoms with E-state index < -0.39 is 0 Å². The van der Waals surface area contributed by atoms with Gasteiger partial charge >= 0.3 is 0 Å². The van der Waals surface area contributed by atoms with E-state index in [1.807, 2.05) is 12.1 Å². The topological polar surface area (TPSA) is 62.8 Å². The number of anilines is 1. The van der Waals surface area contributed by atoms with Gasteiger partial charge in [0.05, 0.1) is 5.52 Å². The molecule has 0 saturated carbocycles. The molecule has 1 N–H and O–H groups in total. The van der Waals surface area contributed by atoms with E-state index in [1.165, 1.54) is 0 Å². The summed E-state index contributed by atoms with van der Waals surface area (Å²) in [7, 11) is 0. The highest BCUT2D eigenvalue weighted by molar-refractivity contribution is 7.80. The van der Waals surface area contributed by atoms with Crippen molar-refractivity contribution in [2.75, 3.05) is 50.8 Å². The maximum atomic E-state index is 5.72. The number of rotatable bonds is 2. The molecule has 1 saturated heterocycles. The molecular weight excluding hydrogens is 338 g/mol. The van der Waals surface area contributed by atoms with Crippen LogP contribution in [0.5, 0.6) is 11.5 Å². The molecule has 7 nitrogen and oxygen atoms in total. The molecule has 2 aliphatic heterocycles. The van der Waals surface area contributed by atoms with E-state index in [0.29, 0.717) is 13.2 Å². The number of nitrogens with zero attached hydrogens (tertiary/aromatic N) is 4. The third kappa shape index (κ3) is 3.13. The molecule has 0 aliphatic carbocycles. The van der Waals surface area contributed by atoms with Crippen LogP contribution in [0.4, 0.5) is 5.82 Å². The van der Waals surface area contributed by atoms with Crippen molar-refractivity contribution in [1.82, 2.24) is 20.2 Å². The monoisotopic (exact) mass is 359 g/mol. The molecule has 0 spiro atoms. The fourth-order valence-corrected chi connectivity index (χ4v) is 3.54. The Bertz CT molecular complexity index is 792. The van der Waals surface area contributed by atoms with Crippen molar-refractivity contribution < 1.29 is 9.47 Å². The van der Waals surface area contributed by atoms with Gasteiger partial charge in [-0.3, -0.25) is 0 Å². The zero-order chi connectivity index (χ0) is 17.2. The van der Waals surface area contributed by atoms with Crippen LogP contribution in [0, 0.1) is 0 Å². The van der Waals surface area contributed by atoms with E-state index in [9.17, 15) is 0 Å². The smallest absolute Gasteiger partial charge is 0.169 e. The lowest BCUT2D eigenvalue weighted by Crippen LogP contribution is -2.52. The average Bonchev–Trinajstić information content (AvgIpc) is 2.66. The predicted molar refractivity (Wildman–Crippen MR) is 101 cm³/mol. The number of piperazine rings is 1. The Hall–Kier alpha value is -2.35. The van der Waals surface area contributed by atoms with Crippen LogP contribution >= 0.6 is 12.2 Å². The summed E-state index contributed by atoms with van der Waals surface area (Å²) in [5, 5.41) is 5.04. The van der Waals surface area contributed by atoms with E-state index in [-0.39, 0.29) is 0 Å². The summed E-state index contributed by atoms with van der Waals surface area (Å²) in [5.41, 5.74) is 0.875. The Kier molecular flexibility index (Phi) is 4.44. The molecule has 0 unspecified atom stereocenters. The van der Waals surface area contributed by atoms with Crippen molar-refractivity contribution in [3.8, 4) is 11.5 Å². The van der Waals surface area contributed by atoms with E-state index in [0.717, 1.165) is 66.1 Å². The van der Waals surface area contributed by atoms with Gasteiger partial charge in [0.2, 0.25) is 0 Å². The minimum atomic E-state index is 0.572. The molecule has 1 fully saturated rings. The fraction of sp³-hybridized carbons (Fsp3) is 0.471. The molecule has 132 valence electrons. The first-order valence-electron chi connectivity index (χ1n) is 8.58. The lowest BCUT2D eigenvalue weighted by atomic mass is 10.2. The van der Waals surface area contributed by atoms with Crippen LogP contribution in [0.15, 0.2) is 18.5 Å². The summed E-state index contributed by atoms with van der Waals surface area (Å²) in [4.78, 5) is 13.4. The van der Waals surface area contributed by atoms with Crippen molar-refractivity contribution in [1.29, 1.82) is 0 Å². The Balaban J connectivity index is 1.59. The third-order valence-electron chi connectivity index (χ3n) is 4.47. The van der Waals surface area contributed by atoms with Crippen molar-refractivity contribution in [3.05, 3.63) is 18.5 Å². The van der Waals surface area contributed by atoms with Crippen LogP contribution < -0.4 is 19.7 Å². The van der Waals surface area contributed by atoms with Gasteiger partial charge in [-0.2, -0.15) is 0 Å². The van der Waals surface area contributed by atoms with Gasteiger partial charge in [-0.1, -0.05) is 0 Å². The second kappa shape index (κ2) is 6.87. The molecule has 0 radical (unpaired) electrons. The van der Waals surface area contributed by atoms with Gasteiger partial charge in [-0.05, 0) is 25.2 Å². The molecule has 0 amide bonds. The number of hydrogen-bond acceptors (Lipinski definition) is 6. The zero-order valence-electron chi connectivity index (χ0n) is 14.2. The summed E-state index contributed by atoms with van der Waals surface area (Å²) in [6, 6.07) is 3.93. The number of thiocarbonyl (C=S) groups is 1. The molecule has 2 aliphatic rings. The lowest BCUT2D eigenvalue weighted by molar-refractivity contribution is 0.172. The largest absolute Gasteiger partial charge is 0.486 e. The van der Waals surface area contributed by atoms with Crippen LogP contribution in [0.3, 0.4) is 0 Å². The SMILES string of the molecule is CCNC(=S)N1CCN(c2ncnc3cc4c(cc23)OCCO4)CC1. The molecule has 8 heteroatoms. The van der Waals surface area contributed by atoms with Gasteiger partial charge < -0.3 is 24.6 Å². The number of ether oxygens (including phenoxy) is 2. The number of aromatic nitrogens is 2. The van der Waals surface area contributed by atoms with Crippen LogP contribution in [-0.2, 0) is 0 Å². The molecule has 1 aromatic carbocycles. The summed E-state index contributed by atoms with van der Waals surface area (Å²) in [6.07, 6.45) is 1.61. The van der Waals surface area contributed by atoms with Crippen LogP contribution in [0.25, 0.3) is 10.9 Å². The standard InChI is InChI=1S/C17H21N5O2S/c1-2-18-17(25)22-5-3-21(4-6-22)16-12-9-14-15(24-8-7-23-14)10-13(12)19-11-20-16/h9-11H,2-8H2,1H3,(H,18,25). The Morgan fingerprint density at radius 2 is 1.84 bits per heavy atom. The molecule has 2 aromatic rings. The van der Waals surface area contributed by atoms with E-state index in [1.54, 1.807) is 6.33 Å². The third-order valence-corrected chi connectivity index (χ3v) is 4.88. The summed E-state index contributed by atoms with van der Waals surface area (Å²) in [5.74, 6) is 2.46. The van der Waals surface area contributed by atoms with Crippen molar-refractivity contribution in [3.63, 3.8) is 0 Å². The summed E-state index contributed by atoms with van der Waals surface area (Å²) >= 11 is 5.41. The van der Waals surface area contributed by atoms with E-state index in [4.69, 9.17) is 21.7 Å². The highest BCUT2D eigenvalue weighted by Gasteiger charge is 2.22. The van der Waals surface area contributed by atoms with Gasteiger partial charge in [0.1, 0.15) is 25.4 Å². The highest BCUT2D eigenvalue weighted by atomic mass is 32.1. The molecule has 25 heavy (non-hydrogen) atoms. The first kappa shape index (κ1) is 16.1. The fourth-order valence-electron chi connectivity index (χ4n) is 3.22. The van der Waals surface area contributed by atoms with Crippen molar-refractivity contribution in [2.24, 2.45) is 0 Å². The van der Waals surface area contributed by atoms with Crippen LogP contribution in [0.1, 0.15) is 6.92 Å². The molecule has 3 heterocycles. The van der Waals surface area contributed by atoms with Gasteiger partial charge in [0, 0.05) is 44.2 Å². The first-order chi connectivity index (χ1) is 12.3. The van der Waals surface area contributed by atoms with E-state index >= 15 is 0 Å². The number of benzene rings is 1. The number of nitrogens with one attached hydrogen (secondary N) is 1. The quantitative estimate of drug-likeness (QED) is 0.808. The first-order valence-corrected chi connectivity index (χ1v) is 8.99. The van der Waals surface area contributed by atoms with Gasteiger partial charge in [-0.25, -0.2) is 9.97 Å². The molecule has 0 atom stereocenters. The molecule has 4 rings (SSSR count). The van der Waals surface area contributed by atoms with Gasteiger partial charge in [-0.15, -0.1) is 0 Å². The second-order valence-corrected chi connectivity index (χ2v) is 6.41. The van der Waals surface area contributed by atoms with Crippen LogP contribution in [0.2, 0.25) is 0 Å². The minimum Gasteiger partial charge on any atom is -0.486 e. The summed E-state index contributed by atoms with van der Waals surface area (Å²) in [6.45, 7) is 7.54. The molecule has 0 bridgehead atoms. The zero-order valence-corrected chi connectivity index (χ0v) is 15.0. The predicted octanol–water partition coefficient (Wildman–Crippen LogP) is 1.42. The maximum Gasteiger partial charge on any atom is 0.169 e. The second-order valence-electron chi connectivity index (χ2n) is 6.02. The average molecular weight is 359 g/mol. The van der Waals surface area contributed by atoms with Crippen molar-refractivity contribution >= 4 is 34.1 Å². The van der Waals surface area contributed by atoms with E-state index in [2.05, 4.69) is 32.0 Å². The summed E-state index contributed by atoms with van der Waals surface area (Å²) < 4.78 is 11.4. The highest BCUT2D eigenvalue weighted by Crippen LogP contribution is 2.36. The maximum absolute atomic E-state index is 5.72. The normalized spacial score (nSPS) is 16.8. The number of fused-ring (bicyclic) bond motifs is 2. The Labute approximate surface area is 151 Å². The lowest BCUT2D eigenvalue weighted by Gasteiger charge is -2.37. The van der Waals surface area contributed by atoms with Gasteiger partial charge in [0.15, 0.2) is 16.6 Å². The molecule has 1 aromatic heterocycles.